The second kappa shape index (κ2) is 7.60. The molecule has 1 nitrogen and oxygen atoms in total. The monoisotopic (exact) mass is 172 g/mol. The molecule has 0 heterocycles. The molecule has 0 spiro atoms. The van der Waals surface area contributed by atoms with Crippen molar-refractivity contribution in [2.75, 3.05) is 0 Å². The fourth-order valence-electron chi connectivity index (χ4n) is 1.44. The molecule has 0 aromatic carbocycles. The van der Waals surface area contributed by atoms with Gasteiger partial charge in [-0.15, -0.1) is 0 Å². The van der Waals surface area contributed by atoms with Crippen LogP contribution < -0.4 is 0 Å². The Morgan fingerprint density at radius 2 is 1.33 bits per heavy atom. The third kappa shape index (κ3) is 4.76. The van der Waals surface area contributed by atoms with Crippen LogP contribution in [0.5, 0.6) is 0 Å². The first-order chi connectivity index (χ1) is 5.78. The van der Waals surface area contributed by atoms with Crippen LogP contribution in [0.2, 0.25) is 0 Å². The molecule has 1 unspecified atom stereocenters. The van der Waals surface area contributed by atoms with Crippen molar-refractivity contribution in [3.63, 3.8) is 0 Å². The van der Waals surface area contributed by atoms with Gasteiger partial charge in [-0.2, -0.15) is 0 Å². The topological polar surface area (TPSA) is 9.23 Å². The van der Waals surface area contributed by atoms with Gasteiger partial charge in [0.2, 0.25) is 0 Å². The molecule has 0 bridgehead atoms. The van der Waals surface area contributed by atoms with E-state index in [2.05, 4.69) is 27.7 Å². The maximum Gasteiger partial charge on any atom is 0.0576 e. The average molecular weight is 172 g/mol. The summed E-state index contributed by atoms with van der Waals surface area (Å²) in [6.45, 7) is 8.83. The molecule has 74 valence electrons. The van der Waals surface area contributed by atoms with Crippen molar-refractivity contribution in [3.8, 4) is 0 Å². The van der Waals surface area contributed by atoms with E-state index in [1.807, 2.05) is 0 Å². The van der Waals surface area contributed by atoms with Gasteiger partial charge in [0.15, 0.2) is 0 Å². The molecule has 0 aromatic heterocycles. The lowest BCUT2D eigenvalue weighted by molar-refractivity contribution is -0.0215. The summed E-state index contributed by atoms with van der Waals surface area (Å²) in [5.74, 6) is 0. The maximum atomic E-state index is 5.94. The van der Waals surface area contributed by atoms with Crippen LogP contribution in [0.1, 0.15) is 59.8 Å². The van der Waals surface area contributed by atoms with E-state index in [4.69, 9.17) is 4.74 Å². The molecule has 0 aliphatic carbocycles. The highest BCUT2D eigenvalue weighted by Gasteiger charge is 2.10. The molecule has 0 aliphatic heterocycles. The summed E-state index contributed by atoms with van der Waals surface area (Å²) in [6.07, 6.45) is 6.89. The lowest BCUT2D eigenvalue weighted by Crippen LogP contribution is -2.20. The summed E-state index contributed by atoms with van der Waals surface area (Å²) >= 11 is 0. The standard InChI is InChI=1S/C11H24O/c1-5-9-11(8-4)12-10(6-2)7-3/h10-11H,5-9H2,1-4H3. The van der Waals surface area contributed by atoms with Crippen molar-refractivity contribution in [3.05, 3.63) is 0 Å². The minimum absolute atomic E-state index is 0.487. The van der Waals surface area contributed by atoms with Crippen LogP contribution in [0.15, 0.2) is 0 Å². The number of ether oxygens (including phenoxy) is 1. The Bertz CT molecular complexity index is 87.0. The van der Waals surface area contributed by atoms with E-state index >= 15 is 0 Å². The van der Waals surface area contributed by atoms with Gasteiger partial charge < -0.3 is 4.74 Å². The number of hydrogen-bond donors (Lipinski definition) is 0. The smallest absolute Gasteiger partial charge is 0.0576 e. The molecule has 0 amide bonds. The quantitative estimate of drug-likeness (QED) is 0.568. The second-order valence-electron chi connectivity index (χ2n) is 3.39. The Morgan fingerprint density at radius 3 is 1.67 bits per heavy atom. The summed E-state index contributed by atoms with van der Waals surface area (Å²) in [4.78, 5) is 0. The van der Waals surface area contributed by atoms with Gasteiger partial charge in [-0.1, -0.05) is 34.1 Å². The highest BCUT2D eigenvalue weighted by Crippen LogP contribution is 2.13. The van der Waals surface area contributed by atoms with Gasteiger partial charge >= 0.3 is 0 Å². The van der Waals surface area contributed by atoms with Gasteiger partial charge in [0.25, 0.3) is 0 Å². The van der Waals surface area contributed by atoms with Crippen LogP contribution in [-0.2, 0) is 4.74 Å². The van der Waals surface area contributed by atoms with E-state index in [1.165, 1.54) is 12.8 Å². The normalized spacial score (nSPS) is 13.8. The fraction of sp³-hybridized carbons (Fsp3) is 1.00. The fourth-order valence-corrected chi connectivity index (χ4v) is 1.44. The summed E-state index contributed by atoms with van der Waals surface area (Å²) < 4.78 is 5.94. The molecule has 0 aliphatic rings. The predicted octanol–water partition coefficient (Wildman–Crippen LogP) is 3.77. The van der Waals surface area contributed by atoms with Crippen molar-refractivity contribution in [1.29, 1.82) is 0 Å². The minimum atomic E-state index is 0.487. The zero-order chi connectivity index (χ0) is 9.40. The SMILES string of the molecule is CCCC(CC)OC(CC)CC. The molecule has 0 saturated heterocycles. The van der Waals surface area contributed by atoms with Crippen molar-refractivity contribution in [1.82, 2.24) is 0 Å². The van der Waals surface area contributed by atoms with Gasteiger partial charge in [0.05, 0.1) is 12.2 Å². The first-order valence-corrected chi connectivity index (χ1v) is 5.43. The first-order valence-electron chi connectivity index (χ1n) is 5.43. The van der Waals surface area contributed by atoms with Gasteiger partial charge in [-0.25, -0.2) is 0 Å². The van der Waals surface area contributed by atoms with Crippen molar-refractivity contribution in [2.24, 2.45) is 0 Å². The zero-order valence-corrected chi connectivity index (χ0v) is 9.10. The van der Waals surface area contributed by atoms with Gasteiger partial charge in [0, 0.05) is 0 Å². The van der Waals surface area contributed by atoms with E-state index in [1.54, 1.807) is 0 Å². The summed E-state index contributed by atoms with van der Waals surface area (Å²) in [6, 6.07) is 0. The molecule has 0 saturated carbocycles. The lowest BCUT2D eigenvalue weighted by Gasteiger charge is -2.21. The Hall–Kier alpha value is -0.0400. The largest absolute Gasteiger partial charge is 0.375 e. The molecule has 0 aromatic rings. The van der Waals surface area contributed by atoms with Gasteiger partial charge in [-0.3, -0.25) is 0 Å². The lowest BCUT2D eigenvalue weighted by atomic mass is 10.1. The molecule has 1 heteroatoms. The highest BCUT2D eigenvalue weighted by molar-refractivity contribution is 4.59. The van der Waals surface area contributed by atoms with Crippen LogP contribution in [-0.4, -0.2) is 12.2 Å². The highest BCUT2D eigenvalue weighted by atomic mass is 16.5. The van der Waals surface area contributed by atoms with E-state index < -0.39 is 0 Å². The summed E-state index contributed by atoms with van der Waals surface area (Å²) in [5.41, 5.74) is 0. The molecule has 0 fully saturated rings. The van der Waals surface area contributed by atoms with Crippen LogP contribution >= 0.6 is 0 Å². The summed E-state index contributed by atoms with van der Waals surface area (Å²) in [7, 11) is 0. The molecule has 0 radical (unpaired) electrons. The van der Waals surface area contributed by atoms with E-state index in [0.29, 0.717) is 12.2 Å². The predicted molar refractivity (Wildman–Crippen MR) is 54.4 cm³/mol. The average Bonchev–Trinajstić information content (AvgIpc) is 2.12. The molecule has 0 N–H and O–H groups in total. The van der Waals surface area contributed by atoms with Crippen molar-refractivity contribution in [2.45, 2.75) is 72.0 Å². The molecular formula is C11H24O. The van der Waals surface area contributed by atoms with E-state index in [9.17, 15) is 0 Å². The Morgan fingerprint density at radius 1 is 0.833 bits per heavy atom. The van der Waals surface area contributed by atoms with Crippen molar-refractivity contribution >= 4 is 0 Å². The van der Waals surface area contributed by atoms with E-state index in [-0.39, 0.29) is 0 Å². The Balaban J connectivity index is 3.65. The van der Waals surface area contributed by atoms with Crippen LogP contribution in [0.4, 0.5) is 0 Å². The third-order valence-electron chi connectivity index (χ3n) is 2.36. The summed E-state index contributed by atoms with van der Waals surface area (Å²) in [5, 5.41) is 0. The van der Waals surface area contributed by atoms with Crippen molar-refractivity contribution < 1.29 is 4.74 Å². The molecule has 1 atom stereocenters. The zero-order valence-electron chi connectivity index (χ0n) is 9.10. The molecular weight excluding hydrogens is 148 g/mol. The van der Waals surface area contributed by atoms with Crippen LogP contribution in [0.3, 0.4) is 0 Å². The van der Waals surface area contributed by atoms with Crippen LogP contribution in [0.25, 0.3) is 0 Å². The van der Waals surface area contributed by atoms with Gasteiger partial charge in [-0.05, 0) is 25.7 Å². The van der Waals surface area contributed by atoms with Crippen LogP contribution in [0, 0.1) is 0 Å². The van der Waals surface area contributed by atoms with Gasteiger partial charge in [0.1, 0.15) is 0 Å². The maximum absolute atomic E-state index is 5.94. The minimum Gasteiger partial charge on any atom is -0.375 e. The molecule has 0 rings (SSSR count). The first kappa shape index (κ1) is 12.0. The third-order valence-corrected chi connectivity index (χ3v) is 2.36. The molecule has 12 heavy (non-hydrogen) atoms. The Labute approximate surface area is 77.5 Å². The van der Waals surface area contributed by atoms with E-state index in [0.717, 1.165) is 19.3 Å². The number of rotatable bonds is 7. The second-order valence-corrected chi connectivity index (χ2v) is 3.39. The Kier molecular flexibility index (Phi) is 7.58. The number of hydrogen-bond acceptors (Lipinski definition) is 1.